The zero-order chi connectivity index (χ0) is 56.4. The topological polar surface area (TPSA) is 114 Å². The van der Waals surface area contributed by atoms with E-state index in [1.165, 1.54) is 161 Å². The molecule has 448 valence electrons. The lowest BCUT2D eigenvalue weighted by Gasteiger charge is -2.30. The standard InChI is InChI=1S/C67H123N2O7P/c1-7-10-13-16-19-22-25-28-30-32-34-36-38-41-44-47-50-53-56-59-66(70)68-64(63-75-77(72,73)74-62-61-69(4,5)6)65(58-55-52-49-46-43-40-27-24-21-18-15-12-9-3)76-67(71)60-57-54-51-48-45-42-39-37-35-33-31-29-26-23-20-17-14-11-8-2/h10,13,19,22,28,30,34,36,41,44,55,58,64-65H,7-9,11-12,14-18,20-21,23-27,29,31-33,35,37-40,42-43,45-54,56-57,59-63H2,1-6H3,(H-,68,70,72,73)/b13-10-,22-19-,30-28-,36-34-,44-41-,58-55+. The third-order valence-corrected chi connectivity index (χ3v) is 15.1. The second kappa shape index (κ2) is 56.7. The van der Waals surface area contributed by atoms with E-state index in [1.54, 1.807) is 0 Å². The number of rotatable bonds is 58. The van der Waals surface area contributed by atoms with Gasteiger partial charge in [-0.3, -0.25) is 14.2 Å². The zero-order valence-corrected chi connectivity index (χ0v) is 52.0. The van der Waals surface area contributed by atoms with E-state index < -0.39 is 26.6 Å². The van der Waals surface area contributed by atoms with Gasteiger partial charge in [0.2, 0.25) is 5.91 Å². The van der Waals surface area contributed by atoms with Crippen LogP contribution in [0.2, 0.25) is 0 Å². The maximum absolute atomic E-state index is 13.5. The van der Waals surface area contributed by atoms with Crippen molar-refractivity contribution < 1.29 is 37.3 Å². The van der Waals surface area contributed by atoms with Gasteiger partial charge in [0.25, 0.3) is 7.82 Å². The first-order chi connectivity index (χ1) is 37.4. The monoisotopic (exact) mass is 1100 g/mol. The first-order valence-electron chi connectivity index (χ1n) is 32.2. The number of likely N-dealkylation sites (N-methyl/N-ethyl adjacent to an activating group) is 1. The van der Waals surface area contributed by atoms with Gasteiger partial charge in [-0.15, -0.1) is 0 Å². The van der Waals surface area contributed by atoms with Crippen LogP contribution in [0.15, 0.2) is 72.9 Å². The van der Waals surface area contributed by atoms with Crippen molar-refractivity contribution in [2.75, 3.05) is 40.9 Å². The fourth-order valence-corrected chi connectivity index (χ4v) is 9.92. The molecule has 1 N–H and O–H groups in total. The summed E-state index contributed by atoms with van der Waals surface area (Å²) in [6, 6.07) is -0.907. The molecule has 0 rings (SSSR count). The van der Waals surface area contributed by atoms with Gasteiger partial charge in [-0.2, -0.15) is 0 Å². The van der Waals surface area contributed by atoms with Crippen molar-refractivity contribution in [3.8, 4) is 0 Å². The number of ether oxygens (including phenoxy) is 1. The number of amides is 1. The van der Waals surface area contributed by atoms with Crippen LogP contribution in [0.25, 0.3) is 0 Å². The molecule has 0 aromatic rings. The summed E-state index contributed by atoms with van der Waals surface area (Å²) in [7, 11) is 1.16. The Kier molecular flexibility index (Phi) is 54.8. The number of hydrogen-bond acceptors (Lipinski definition) is 7. The molecule has 0 aliphatic rings. The fourth-order valence-electron chi connectivity index (χ4n) is 9.20. The van der Waals surface area contributed by atoms with Gasteiger partial charge in [-0.25, -0.2) is 0 Å². The molecule has 77 heavy (non-hydrogen) atoms. The summed E-state index contributed by atoms with van der Waals surface area (Å²) in [6.45, 7) is 6.73. The number of phosphoric ester groups is 1. The van der Waals surface area contributed by atoms with Crippen LogP contribution in [-0.2, 0) is 27.9 Å². The number of nitrogens with zero attached hydrogens (tertiary/aromatic N) is 1. The molecule has 0 aromatic carbocycles. The van der Waals surface area contributed by atoms with Crippen LogP contribution in [0, 0.1) is 0 Å². The van der Waals surface area contributed by atoms with Crippen LogP contribution in [-0.4, -0.2) is 69.4 Å². The summed E-state index contributed by atoms with van der Waals surface area (Å²) in [4.78, 5) is 40.0. The van der Waals surface area contributed by atoms with Crippen molar-refractivity contribution in [2.45, 2.75) is 303 Å². The van der Waals surface area contributed by atoms with Gasteiger partial charge in [0.1, 0.15) is 19.3 Å². The first kappa shape index (κ1) is 74.5. The fraction of sp³-hybridized carbons (Fsp3) is 0.791. The average Bonchev–Trinajstić information content (AvgIpc) is 3.39. The summed E-state index contributed by atoms with van der Waals surface area (Å²) in [5.41, 5.74) is 0. The molecule has 0 bridgehead atoms. The Morgan fingerprint density at radius 1 is 0.468 bits per heavy atom. The lowest BCUT2D eigenvalue weighted by Crippen LogP contribution is -2.47. The van der Waals surface area contributed by atoms with Crippen molar-refractivity contribution in [2.24, 2.45) is 0 Å². The molecule has 3 atom stereocenters. The van der Waals surface area contributed by atoms with Crippen molar-refractivity contribution >= 4 is 19.7 Å². The first-order valence-corrected chi connectivity index (χ1v) is 33.7. The van der Waals surface area contributed by atoms with E-state index in [1.807, 2.05) is 33.3 Å². The van der Waals surface area contributed by atoms with E-state index in [2.05, 4.69) is 86.8 Å². The maximum Gasteiger partial charge on any atom is 0.306 e. The van der Waals surface area contributed by atoms with Crippen molar-refractivity contribution in [1.82, 2.24) is 5.32 Å². The minimum Gasteiger partial charge on any atom is -0.756 e. The number of phosphoric acid groups is 1. The van der Waals surface area contributed by atoms with Crippen LogP contribution < -0.4 is 10.2 Å². The van der Waals surface area contributed by atoms with E-state index in [0.29, 0.717) is 17.4 Å². The Morgan fingerprint density at radius 3 is 1.26 bits per heavy atom. The molecule has 0 radical (unpaired) electrons. The van der Waals surface area contributed by atoms with Crippen molar-refractivity contribution in [3.63, 3.8) is 0 Å². The minimum atomic E-state index is -4.71. The molecule has 0 saturated heterocycles. The largest absolute Gasteiger partial charge is 0.756 e. The predicted molar refractivity (Wildman–Crippen MR) is 330 cm³/mol. The Hall–Kier alpha value is -2.55. The summed E-state index contributed by atoms with van der Waals surface area (Å²) in [5, 5.41) is 3.02. The quantitative estimate of drug-likeness (QED) is 0.0212. The molecule has 10 heteroatoms. The number of allylic oxidation sites excluding steroid dienone is 11. The molecule has 3 unspecified atom stereocenters. The molecule has 0 aromatic heterocycles. The van der Waals surface area contributed by atoms with E-state index in [9.17, 15) is 19.0 Å². The third-order valence-electron chi connectivity index (χ3n) is 14.2. The van der Waals surface area contributed by atoms with Gasteiger partial charge in [0.15, 0.2) is 0 Å². The van der Waals surface area contributed by atoms with Crippen LogP contribution in [0.4, 0.5) is 0 Å². The predicted octanol–water partition coefficient (Wildman–Crippen LogP) is 19.4. The average molecular weight is 1100 g/mol. The SMILES string of the molecule is CC/C=C\C/C=C\C/C=C\C/C=C\C/C=C\CCCCCC(=O)NC(COP(=O)([O-])OCC[N+](C)(C)C)C(/C=C/CCCCCCCCCCCCC)OC(=O)CCCCCCCCCCCCCCCCCCCCC. The van der Waals surface area contributed by atoms with E-state index in [0.717, 1.165) is 89.9 Å². The highest BCUT2D eigenvalue weighted by Gasteiger charge is 2.27. The molecule has 0 spiro atoms. The minimum absolute atomic E-state index is 0.0301. The van der Waals surface area contributed by atoms with Crippen LogP contribution >= 0.6 is 7.82 Å². The summed E-state index contributed by atoms with van der Waals surface area (Å²) in [6.07, 6.45) is 73.0. The summed E-state index contributed by atoms with van der Waals surface area (Å²) >= 11 is 0. The highest BCUT2D eigenvalue weighted by molar-refractivity contribution is 7.45. The zero-order valence-electron chi connectivity index (χ0n) is 51.2. The smallest absolute Gasteiger partial charge is 0.306 e. The number of carbonyl (C=O) groups is 2. The van der Waals surface area contributed by atoms with Gasteiger partial charge in [0.05, 0.1) is 33.8 Å². The number of esters is 1. The molecule has 0 fully saturated rings. The van der Waals surface area contributed by atoms with Gasteiger partial charge < -0.3 is 28.5 Å². The number of unbranched alkanes of at least 4 members (excludes halogenated alkanes) is 32. The summed E-state index contributed by atoms with van der Waals surface area (Å²) < 4.78 is 30.3. The van der Waals surface area contributed by atoms with Gasteiger partial charge in [-0.1, -0.05) is 274 Å². The van der Waals surface area contributed by atoms with Gasteiger partial charge in [-0.05, 0) is 76.7 Å². The molecule has 9 nitrogen and oxygen atoms in total. The molecule has 0 heterocycles. The maximum atomic E-state index is 13.5. The van der Waals surface area contributed by atoms with Crippen LogP contribution in [0.5, 0.6) is 0 Å². The van der Waals surface area contributed by atoms with E-state index in [4.69, 9.17) is 13.8 Å². The number of quaternary nitrogens is 1. The lowest BCUT2D eigenvalue weighted by atomic mass is 10.0. The highest BCUT2D eigenvalue weighted by Crippen LogP contribution is 2.38. The molecule has 1 amide bonds. The van der Waals surface area contributed by atoms with E-state index in [-0.39, 0.29) is 31.3 Å². The number of hydrogen-bond donors (Lipinski definition) is 1. The normalized spacial score (nSPS) is 14.1. The van der Waals surface area contributed by atoms with Gasteiger partial charge in [0, 0.05) is 12.8 Å². The van der Waals surface area contributed by atoms with E-state index >= 15 is 0 Å². The third kappa shape index (κ3) is 57.9. The number of nitrogens with one attached hydrogen (secondary N) is 1. The Bertz CT molecular complexity index is 1550. The molecule has 0 saturated carbocycles. The number of carbonyl (C=O) groups excluding carboxylic acids is 2. The second-order valence-electron chi connectivity index (χ2n) is 22.9. The molecule has 0 aliphatic carbocycles. The van der Waals surface area contributed by atoms with Crippen molar-refractivity contribution in [1.29, 1.82) is 0 Å². The van der Waals surface area contributed by atoms with Gasteiger partial charge >= 0.3 is 5.97 Å². The molecule has 0 aliphatic heterocycles. The molecular weight excluding hydrogens is 976 g/mol. The Balaban J connectivity index is 5.30. The Labute approximate surface area is 476 Å². The lowest BCUT2D eigenvalue weighted by molar-refractivity contribution is -0.870. The summed E-state index contributed by atoms with van der Waals surface area (Å²) in [5.74, 6) is -0.570. The highest BCUT2D eigenvalue weighted by atomic mass is 31.2. The van der Waals surface area contributed by atoms with Crippen molar-refractivity contribution in [3.05, 3.63) is 72.9 Å². The van der Waals surface area contributed by atoms with Crippen LogP contribution in [0.3, 0.4) is 0 Å². The second-order valence-corrected chi connectivity index (χ2v) is 24.3. The Morgan fingerprint density at radius 2 is 0.831 bits per heavy atom. The molecular formula is C67H123N2O7P. The van der Waals surface area contributed by atoms with Crippen LogP contribution in [0.1, 0.15) is 290 Å².